The average Bonchev–Trinajstić information content (AvgIpc) is 2.59. The van der Waals surface area contributed by atoms with Crippen LogP contribution in [0, 0.1) is 14.9 Å². The van der Waals surface area contributed by atoms with Gasteiger partial charge in [-0.1, -0.05) is 12.1 Å². The Morgan fingerprint density at radius 1 is 1.25 bits per heavy atom. The number of nitrogens with zero attached hydrogens (tertiary/aromatic N) is 1. The molecule has 0 amide bonds. The number of aromatic nitrogens is 2. The molecule has 2 heterocycles. The third-order valence-corrected chi connectivity index (χ3v) is 4.48. The normalized spacial score (nSPS) is 15.8. The monoisotopic (exact) mass is 402 g/mol. The van der Waals surface area contributed by atoms with Crippen molar-refractivity contribution in [2.24, 2.45) is 0 Å². The maximum atomic E-state index is 12.8. The van der Waals surface area contributed by atoms with Gasteiger partial charge in [0.25, 0.3) is 11.2 Å². The first-order chi connectivity index (χ1) is 13.2. The van der Waals surface area contributed by atoms with E-state index >= 15 is 0 Å². The fourth-order valence-electron chi connectivity index (χ4n) is 3.16. The first-order valence-electron chi connectivity index (χ1n) is 8.48. The van der Waals surface area contributed by atoms with Crippen molar-refractivity contribution >= 4 is 29.7 Å². The third-order valence-electron chi connectivity index (χ3n) is 4.27. The Hall–Kier alpha value is -3.27. The van der Waals surface area contributed by atoms with Gasteiger partial charge in [-0.15, -0.1) is 0 Å². The Bertz CT molecular complexity index is 1100. The molecular formula is C18H18N4O5S. The van der Waals surface area contributed by atoms with Gasteiger partial charge in [-0.3, -0.25) is 19.9 Å². The highest BCUT2D eigenvalue weighted by Crippen LogP contribution is 2.40. The molecule has 10 heteroatoms. The number of nitro groups is 1. The van der Waals surface area contributed by atoms with Gasteiger partial charge in [-0.05, 0) is 38.6 Å². The Morgan fingerprint density at radius 3 is 2.46 bits per heavy atom. The predicted octanol–water partition coefficient (Wildman–Crippen LogP) is 3.12. The number of aromatic amines is 2. The second-order valence-electron chi connectivity index (χ2n) is 6.60. The molecule has 0 saturated carbocycles. The smallest absolute Gasteiger partial charge is 0.337 e. The summed E-state index contributed by atoms with van der Waals surface area (Å²) in [7, 11) is 0. The van der Waals surface area contributed by atoms with Gasteiger partial charge >= 0.3 is 5.97 Å². The second kappa shape index (κ2) is 7.39. The minimum absolute atomic E-state index is 0.0914. The minimum atomic E-state index is -0.779. The van der Waals surface area contributed by atoms with E-state index in [2.05, 4.69) is 15.3 Å². The summed E-state index contributed by atoms with van der Waals surface area (Å²) in [4.78, 5) is 41.3. The maximum absolute atomic E-state index is 12.8. The van der Waals surface area contributed by atoms with E-state index in [4.69, 9.17) is 17.0 Å². The van der Waals surface area contributed by atoms with Crippen molar-refractivity contribution in [2.45, 2.75) is 32.8 Å². The molecule has 28 heavy (non-hydrogen) atoms. The largest absolute Gasteiger partial charge is 0.460 e. The van der Waals surface area contributed by atoms with Crippen molar-refractivity contribution in [3.63, 3.8) is 0 Å². The van der Waals surface area contributed by atoms with Crippen molar-refractivity contribution < 1.29 is 14.5 Å². The molecule has 146 valence electrons. The van der Waals surface area contributed by atoms with Gasteiger partial charge in [0.1, 0.15) is 5.82 Å². The molecule has 1 aliphatic heterocycles. The highest BCUT2D eigenvalue weighted by molar-refractivity contribution is 7.71. The van der Waals surface area contributed by atoms with Crippen LogP contribution in [0.15, 0.2) is 40.3 Å². The fraction of sp³-hybridized carbons (Fsp3) is 0.278. The van der Waals surface area contributed by atoms with Crippen LogP contribution in [0.1, 0.15) is 37.8 Å². The summed E-state index contributed by atoms with van der Waals surface area (Å²) >= 11 is 5.03. The van der Waals surface area contributed by atoms with Crippen LogP contribution in [0.25, 0.3) is 0 Å². The number of benzene rings is 1. The van der Waals surface area contributed by atoms with Crippen molar-refractivity contribution in [2.75, 3.05) is 5.32 Å². The number of carbonyl (C=O) groups excluding carboxylic acids is 1. The van der Waals surface area contributed by atoms with Gasteiger partial charge in [0, 0.05) is 17.8 Å². The Labute approximate surface area is 164 Å². The molecule has 3 N–H and O–H groups in total. The van der Waals surface area contributed by atoms with Gasteiger partial charge in [0.2, 0.25) is 0 Å². The fourth-order valence-corrected chi connectivity index (χ4v) is 3.35. The molecule has 1 aliphatic rings. The number of nitro benzene ring substituents is 1. The Morgan fingerprint density at radius 2 is 1.89 bits per heavy atom. The number of nitrogens with one attached hydrogen (secondary N) is 3. The minimum Gasteiger partial charge on any atom is -0.460 e. The van der Waals surface area contributed by atoms with Crippen molar-refractivity contribution in [3.05, 3.63) is 71.9 Å². The molecule has 1 unspecified atom stereocenters. The van der Waals surface area contributed by atoms with Crippen LogP contribution in [0.2, 0.25) is 0 Å². The standard InChI is InChI=1S/C18H18N4O5S/c1-8(2)27-17(24)12-9(3)19-15-14(16(23)21-18(28)20-15)13(12)10-4-6-11(7-5-10)22(25)26/h4-8,13H,1-3H3,(H3,19,20,21,23,28). The van der Waals surface area contributed by atoms with Gasteiger partial charge in [0.05, 0.1) is 28.1 Å². The van der Waals surface area contributed by atoms with Crippen LogP contribution in [0.3, 0.4) is 0 Å². The highest BCUT2D eigenvalue weighted by Gasteiger charge is 2.36. The van der Waals surface area contributed by atoms with Gasteiger partial charge in [-0.25, -0.2) is 4.79 Å². The van der Waals surface area contributed by atoms with Crippen LogP contribution in [0.5, 0.6) is 0 Å². The Kier molecular flexibility index (Phi) is 5.14. The van der Waals surface area contributed by atoms with Crippen LogP contribution in [-0.2, 0) is 9.53 Å². The number of rotatable bonds is 4. The van der Waals surface area contributed by atoms with Crippen LogP contribution >= 0.6 is 12.2 Å². The summed E-state index contributed by atoms with van der Waals surface area (Å²) in [5.41, 5.74) is 0.996. The number of hydrogen-bond acceptors (Lipinski definition) is 7. The summed E-state index contributed by atoms with van der Waals surface area (Å²) in [6.07, 6.45) is -0.355. The zero-order valence-electron chi connectivity index (χ0n) is 15.4. The van der Waals surface area contributed by atoms with Crippen molar-refractivity contribution in [1.82, 2.24) is 9.97 Å². The number of anilines is 1. The first-order valence-corrected chi connectivity index (χ1v) is 8.89. The summed E-state index contributed by atoms with van der Waals surface area (Å²) in [6.45, 7) is 5.14. The molecule has 0 bridgehead atoms. The summed E-state index contributed by atoms with van der Waals surface area (Å²) < 4.78 is 5.50. The topological polar surface area (TPSA) is 130 Å². The number of fused-ring (bicyclic) bond motifs is 1. The Balaban J connectivity index is 2.23. The number of H-pyrrole nitrogens is 2. The third kappa shape index (κ3) is 3.58. The maximum Gasteiger partial charge on any atom is 0.337 e. The molecular weight excluding hydrogens is 384 g/mol. The highest BCUT2D eigenvalue weighted by atomic mass is 32.1. The number of hydrogen-bond donors (Lipinski definition) is 3. The van der Waals surface area contributed by atoms with E-state index in [9.17, 15) is 19.7 Å². The van der Waals surface area contributed by atoms with Crippen molar-refractivity contribution in [3.8, 4) is 0 Å². The second-order valence-corrected chi connectivity index (χ2v) is 7.00. The van der Waals surface area contributed by atoms with E-state index in [-0.39, 0.29) is 27.7 Å². The van der Waals surface area contributed by atoms with Gasteiger partial charge < -0.3 is 15.0 Å². The van der Waals surface area contributed by atoms with Crippen LogP contribution in [-0.4, -0.2) is 27.0 Å². The van der Waals surface area contributed by atoms with Crippen LogP contribution in [0.4, 0.5) is 11.5 Å². The molecule has 2 aromatic rings. The van der Waals surface area contributed by atoms with Crippen molar-refractivity contribution in [1.29, 1.82) is 0 Å². The lowest BCUT2D eigenvalue weighted by atomic mass is 9.82. The lowest BCUT2D eigenvalue weighted by Crippen LogP contribution is -2.31. The molecule has 1 aromatic heterocycles. The van der Waals surface area contributed by atoms with E-state index in [0.717, 1.165) is 0 Å². The molecule has 0 spiro atoms. The number of allylic oxidation sites excluding steroid dienone is 1. The quantitative estimate of drug-likeness (QED) is 0.310. The molecule has 1 atom stereocenters. The number of carbonyl (C=O) groups is 1. The summed E-state index contributed by atoms with van der Waals surface area (Å²) in [6, 6.07) is 5.71. The average molecular weight is 402 g/mol. The summed E-state index contributed by atoms with van der Waals surface area (Å²) in [5.74, 6) is -0.981. The molecule has 0 aliphatic carbocycles. The molecule has 0 radical (unpaired) electrons. The first kappa shape index (κ1) is 19.5. The van der Waals surface area contributed by atoms with E-state index in [1.165, 1.54) is 24.3 Å². The van der Waals surface area contributed by atoms with E-state index in [1.807, 2.05) is 0 Å². The molecule has 9 nitrogen and oxygen atoms in total. The van der Waals surface area contributed by atoms with Gasteiger partial charge in [0.15, 0.2) is 4.77 Å². The lowest BCUT2D eigenvalue weighted by Gasteiger charge is -2.29. The SMILES string of the molecule is CC1=C(C(=O)OC(C)C)C(c2ccc([N+](=O)[O-])cc2)c2c([nH]c(=S)[nH]c2=O)N1. The number of ether oxygens (including phenoxy) is 1. The van der Waals surface area contributed by atoms with Crippen LogP contribution < -0.4 is 10.9 Å². The number of esters is 1. The molecule has 3 rings (SSSR count). The number of non-ortho nitro benzene ring substituents is 1. The van der Waals surface area contributed by atoms with E-state index < -0.39 is 22.4 Å². The molecule has 0 saturated heterocycles. The van der Waals surface area contributed by atoms with Gasteiger partial charge in [-0.2, -0.15) is 0 Å². The predicted molar refractivity (Wildman–Crippen MR) is 105 cm³/mol. The molecule has 0 fully saturated rings. The van der Waals surface area contributed by atoms with E-state index in [0.29, 0.717) is 17.1 Å². The molecule has 1 aromatic carbocycles. The zero-order valence-corrected chi connectivity index (χ0v) is 16.2. The zero-order chi connectivity index (χ0) is 20.6. The lowest BCUT2D eigenvalue weighted by molar-refractivity contribution is -0.384. The van der Waals surface area contributed by atoms with E-state index in [1.54, 1.807) is 20.8 Å². The summed E-state index contributed by atoms with van der Waals surface area (Å²) in [5, 5.41) is 14.0.